The Morgan fingerprint density at radius 3 is 2.46 bits per heavy atom. The quantitative estimate of drug-likeness (QED) is 0.914. The number of hydrogen-bond donors (Lipinski definition) is 1. The van der Waals surface area contributed by atoms with Crippen LogP contribution in [-0.2, 0) is 4.79 Å². The van der Waals surface area contributed by atoms with Gasteiger partial charge in [0, 0.05) is 31.9 Å². The molecule has 1 aromatic carbocycles. The molecule has 0 saturated carbocycles. The van der Waals surface area contributed by atoms with Crippen LogP contribution in [-0.4, -0.2) is 49.4 Å². The smallest absolute Gasteiger partial charge is 0.255 e. The standard InChI is InChI=1S/C20H25N3O3/c1-14-5-4-6-18(15(14)2)22-8-10-23(11-9-22)19(24)13-21-20(25)17-7-12-26-16(17)3/h4-7,12H,8-11,13H2,1-3H3,(H,21,25). The molecule has 2 aromatic rings. The second-order valence-corrected chi connectivity index (χ2v) is 6.66. The number of hydrogen-bond acceptors (Lipinski definition) is 4. The van der Waals surface area contributed by atoms with Gasteiger partial charge in [0.15, 0.2) is 0 Å². The molecule has 2 heterocycles. The number of aryl methyl sites for hydroxylation is 2. The van der Waals surface area contributed by atoms with Gasteiger partial charge in [-0.3, -0.25) is 9.59 Å². The van der Waals surface area contributed by atoms with Gasteiger partial charge in [0.05, 0.1) is 18.4 Å². The van der Waals surface area contributed by atoms with Crippen molar-refractivity contribution in [2.45, 2.75) is 20.8 Å². The molecule has 0 aliphatic carbocycles. The van der Waals surface area contributed by atoms with E-state index < -0.39 is 0 Å². The van der Waals surface area contributed by atoms with Crippen molar-refractivity contribution in [3.05, 3.63) is 53.0 Å². The Labute approximate surface area is 153 Å². The van der Waals surface area contributed by atoms with E-state index in [0.717, 1.165) is 13.1 Å². The highest BCUT2D eigenvalue weighted by Crippen LogP contribution is 2.23. The van der Waals surface area contributed by atoms with E-state index in [1.54, 1.807) is 13.0 Å². The topological polar surface area (TPSA) is 65.8 Å². The number of nitrogens with one attached hydrogen (secondary N) is 1. The molecule has 1 saturated heterocycles. The van der Waals surface area contributed by atoms with Crippen molar-refractivity contribution in [3.63, 3.8) is 0 Å². The summed E-state index contributed by atoms with van der Waals surface area (Å²) in [6, 6.07) is 7.93. The molecule has 3 rings (SSSR count). The Bertz CT molecular complexity index is 804. The van der Waals surface area contributed by atoms with E-state index in [1.807, 2.05) is 4.90 Å². The van der Waals surface area contributed by atoms with Crippen molar-refractivity contribution in [1.82, 2.24) is 10.2 Å². The number of nitrogens with zero attached hydrogens (tertiary/aromatic N) is 2. The van der Waals surface area contributed by atoms with Crippen molar-refractivity contribution in [1.29, 1.82) is 0 Å². The van der Waals surface area contributed by atoms with Gasteiger partial charge in [-0.05, 0) is 44.0 Å². The summed E-state index contributed by atoms with van der Waals surface area (Å²) in [6.07, 6.45) is 1.47. The third-order valence-electron chi connectivity index (χ3n) is 5.05. The summed E-state index contributed by atoms with van der Waals surface area (Å²) >= 11 is 0. The highest BCUT2D eigenvalue weighted by Gasteiger charge is 2.23. The lowest BCUT2D eigenvalue weighted by Crippen LogP contribution is -2.51. The number of rotatable bonds is 4. The zero-order valence-electron chi connectivity index (χ0n) is 15.5. The number of carbonyl (C=O) groups is 2. The summed E-state index contributed by atoms with van der Waals surface area (Å²) in [6.45, 7) is 8.89. The molecule has 1 aliphatic rings. The van der Waals surface area contributed by atoms with Crippen LogP contribution in [0.25, 0.3) is 0 Å². The highest BCUT2D eigenvalue weighted by molar-refractivity contribution is 5.97. The van der Waals surface area contributed by atoms with Gasteiger partial charge in [0.25, 0.3) is 5.91 Å². The van der Waals surface area contributed by atoms with Crippen molar-refractivity contribution in [2.24, 2.45) is 0 Å². The first-order valence-electron chi connectivity index (χ1n) is 8.88. The third-order valence-corrected chi connectivity index (χ3v) is 5.05. The van der Waals surface area contributed by atoms with E-state index in [2.05, 4.69) is 42.3 Å². The summed E-state index contributed by atoms with van der Waals surface area (Å²) in [4.78, 5) is 28.6. The van der Waals surface area contributed by atoms with Crippen molar-refractivity contribution in [2.75, 3.05) is 37.6 Å². The van der Waals surface area contributed by atoms with Crippen LogP contribution in [0.1, 0.15) is 27.2 Å². The molecule has 26 heavy (non-hydrogen) atoms. The Balaban J connectivity index is 1.51. The number of amides is 2. The van der Waals surface area contributed by atoms with Gasteiger partial charge < -0.3 is 19.5 Å². The fourth-order valence-corrected chi connectivity index (χ4v) is 3.26. The van der Waals surface area contributed by atoms with E-state index >= 15 is 0 Å². The monoisotopic (exact) mass is 355 g/mol. The molecule has 0 atom stereocenters. The van der Waals surface area contributed by atoms with Crippen LogP contribution in [0.15, 0.2) is 34.9 Å². The third kappa shape index (κ3) is 3.74. The SMILES string of the molecule is Cc1cccc(N2CCN(C(=O)CNC(=O)c3ccoc3C)CC2)c1C. The number of furan rings is 1. The van der Waals surface area contributed by atoms with E-state index in [1.165, 1.54) is 23.1 Å². The fraction of sp³-hybridized carbons (Fsp3) is 0.400. The molecule has 0 radical (unpaired) electrons. The van der Waals surface area contributed by atoms with E-state index in [9.17, 15) is 9.59 Å². The fourth-order valence-electron chi connectivity index (χ4n) is 3.26. The van der Waals surface area contributed by atoms with Crippen LogP contribution in [0.5, 0.6) is 0 Å². The zero-order valence-corrected chi connectivity index (χ0v) is 15.5. The second kappa shape index (κ2) is 7.64. The van der Waals surface area contributed by atoms with Gasteiger partial charge in [-0.25, -0.2) is 0 Å². The van der Waals surface area contributed by atoms with E-state index in [-0.39, 0.29) is 18.4 Å². The first kappa shape index (κ1) is 18.0. The van der Waals surface area contributed by atoms with Gasteiger partial charge in [-0.15, -0.1) is 0 Å². The molecular formula is C20H25N3O3. The van der Waals surface area contributed by atoms with Crippen LogP contribution in [0, 0.1) is 20.8 Å². The molecule has 1 fully saturated rings. The Morgan fingerprint density at radius 1 is 1.08 bits per heavy atom. The lowest BCUT2D eigenvalue weighted by molar-refractivity contribution is -0.130. The molecule has 0 unspecified atom stereocenters. The summed E-state index contributed by atoms with van der Waals surface area (Å²) < 4.78 is 5.12. The number of piperazine rings is 1. The lowest BCUT2D eigenvalue weighted by atomic mass is 10.1. The average molecular weight is 355 g/mol. The molecule has 1 aromatic heterocycles. The Hall–Kier alpha value is -2.76. The summed E-state index contributed by atoms with van der Waals surface area (Å²) in [5, 5.41) is 2.68. The lowest BCUT2D eigenvalue weighted by Gasteiger charge is -2.37. The first-order chi connectivity index (χ1) is 12.5. The molecule has 6 nitrogen and oxygen atoms in total. The normalized spacial score (nSPS) is 14.4. The molecule has 138 valence electrons. The number of anilines is 1. The zero-order chi connectivity index (χ0) is 18.7. The van der Waals surface area contributed by atoms with Gasteiger partial charge in [0.2, 0.25) is 5.91 Å². The van der Waals surface area contributed by atoms with Gasteiger partial charge in [-0.2, -0.15) is 0 Å². The minimum Gasteiger partial charge on any atom is -0.469 e. The minimum atomic E-state index is -0.279. The molecule has 2 amide bonds. The maximum absolute atomic E-state index is 12.4. The Morgan fingerprint density at radius 2 is 1.81 bits per heavy atom. The first-order valence-corrected chi connectivity index (χ1v) is 8.88. The van der Waals surface area contributed by atoms with E-state index in [4.69, 9.17) is 4.42 Å². The minimum absolute atomic E-state index is 0.00687. The van der Waals surface area contributed by atoms with Crippen LogP contribution in [0.2, 0.25) is 0 Å². The van der Waals surface area contributed by atoms with Crippen molar-refractivity contribution >= 4 is 17.5 Å². The Kier molecular flexibility index (Phi) is 5.30. The largest absolute Gasteiger partial charge is 0.469 e. The molecule has 0 spiro atoms. The summed E-state index contributed by atoms with van der Waals surface area (Å²) in [5.74, 6) is 0.218. The molecule has 0 bridgehead atoms. The molecule has 6 heteroatoms. The van der Waals surface area contributed by atoms with Crippen molar-refractivity contribution < 1.29 is 14.0 Å². The molecule has 1 N–H and O–H groups in total. The predicted octanol–water partition coefficient (Wildman–Crippen LogP) is 2.28. The second-order valence-electron chi connectivity index (χ2n) is 6.66. The number of carbonyl (C=O) groups excluding carboxylic acids is 2. The molecule has 1 aliphatic heterocycles. The van der Waals surface area contributed by atoms with Gasteiger partial charge in [0.1, 0.15) is 5.76 Å². The highest BCUT2D eigenvalue weighted by atomic mass is 16.3. The predicted molar refractivity (Wildman–Crippen MR) is 100 cm³/mol. The molecular weight excluding hydrogens is 330 g/mol. The maximum atomic E-state index is 12.4. The number of benzene rings is 1. The van der Waals surface area contributed by atoms with Crippen LogP contribution in [0.3, 0.4) is 0 Å². The average Bonchev–Trinajstić information content (AvgIpc) is 3.08. The van der Waals surface area contributed by atoms with Crippen LogP contribution >= 0.6 is 0 Å². The van der Waals surface area contributed by atoms with Crippen LogP contribution < -0.4 is 10.2 Å². The van der Waals surface area contributed by atoms with Gasteiger partial charge in [-0.1, -0.05) is 12.1 Å². The maximum Gasteiger partial charge on any atom is 0.255 e. The van der Waals surface area contributed by atoms with Crippen LogP contribution in [0.4, 0.5) is 5.69 Å². The van der Waals surface area contributed by atoms with E-state index in [0.29, 0.717) is 24.4 Å². The van der Waals surface area contributed by atoms with Crippen molar-refractivity contribution in [3.8, 4) is 0 Å². The summed E-state index contributed by atoms with van der Waals surface area (Å²) in [7, 11) is 0. The van der Waals surface area contributed by atoms with Gasteiger partial charge >= 0.3 is 0 Å². The summed E-state index contributed by atoms with van der Waals surface area (Å²) in [5.41, 5.74) is 4.27.